The lowest BCUT2D eigenvalue weighted by molar-refractivity contribution is -0.303. The number of aliphatic hydroxyl groups excluding tert-OH is 7. The Morgan fingerprint density at radius 3 is 1.09 bits per heavy atom. The van der Waals surface area contributed by atoms with Gasteiger partial charge in [-0.2, -0.15) is 0 Å². The van der Waals surface area contributed by atoms with Crippen molar-refractivity contribution in [1.82, 2.24) is 5.32 Å². The van der Waals surface area contributed by atoms with Crippen molar-refractivity contribution in [3.05, 3.63) is 24.3 Å². The molecule has 1 heterocycles. The zero-order chi connectivity index (χ0) is 59.6. The Kier molecular flexibility index (Phi) is 57.4. The first kappa shape index (κ1) is 78.6. The molecule has 0 saturated carbocycles. The van der Waals surface area contributed by atoms with Gasteiger partial charge in [0.25, 0.3) is 0 Å². The summed E-state index contributed by atoms with van der Waals surface area (Å²) in [6.07, 6.45) is 64.1. The van der Waals surface area contributed by atoms with Crippen LogP contribution < -0.4 is 5.32 Å². The van der Waals surface area contributed by atoms with Gasteiger partial charge in [0.2, 0.25) is 5.91 Å². The van der Waals surface area contributed by atoms with E-state index in [-0.39, 0.29) is 12.8 Å². The van der Waals surface area contributed by atoms with E-state index in [1.165, 1.54) is 270 Å². The molecule has 0 aromatic carbocycles. The van der Waals surface area contributed by atoms with Gasteiger partial charge in [-0.05, 0) is 51.4 Å². The van der Waals surface area contributed by atoms with Crippen molar-refractivity contribution in [1.29, 1.82) is 0 Å². The molecule has 1 aliphatic rings. The minimum Gasteiger partial charge on any atom is -0.394 e. The summed E-state index contributed by atoms with van der Waals surface area (Å²) in [6.45, 7) is 3.50. The number of ether oxygens (including phenoxy) is 2. The summed E-state index contributed by atoms with van der Waals surface area (Å²) in [4.78, 5) is 13.2. The Balaban J connectivity index is 2.22. The number of nitrogens with one attached hydrogen (secondary N) is 1. The largest absolute Gasteiger partial charge is 0.394 e. The number of amides is 1. The summed E-state index contributed by atoms with van der Waals surface area (Å²) in [7, 11) is 0. The molecule has 1 fully saturated rings. The molecule has 486 valence electrons. The third-order valence-electron chi connectivity index (χ3n) is 17.5. The van der Waals surface area contributed by atoms with Crippen LogP contribution in [0.5, 0.6) is 0 Å². The third-order valence-corrected chi connectivity index (χ3v) is 17.5. The van der Waals surface area contributed by atoms with E-state index in [1.807, 2.05) is 0 Å². The normalized spacial score (nSPS) is 19.2. The van der Waals surface area contributed by atoms with Gasteiger partial charge in [-0.1, -0.05) is 327 Å². The van der Waals surface area contributed by atoms with E-state index >= 15 is 0 Å². The minimum atomic E-state index is -1.67. The number of unbranched alkanes of at least 4 members (excludes halogenated alkanes) is 47. The molecule has 11 nitrogen and oxygen atoms in total. The lowest BCUT2D eigenvalue weighted by atomic mass is 9.98. The monoisotopic (exact) mass is 1160 g/mol. The highest BCUT2D eigenvalue weighted by atomic mass is 16.7. The van der Waals surface area contributed by atoms with Gasteiger partial charge < -0.3 is 50.5 Å². The summed E-state index contributed by atoms with van der Waals surface area (Å²) in [5, 5.41) is 76.5. The van der Waals surface area contributed by atoms with Crippen molar-refractivity contribution in [3.8, 4) is 0 Å². The minimum absolute atomic E-state index is 0.249. The maximum Gasteiger partial charge on any atom is 0.249 e. The topological polar surface area (TPSA) is 189 Å². The molecule has 82 heavy (non-hydrogen) atoms. The number of allylic oxidation sites excluding steroid dienone is 4. The molecule has 8 N–H and O–H groups in total. The van der Waals surface area contributed by atoms with Crippen LogP contribution in [0, 0.1) is 0 Å². The zero-order valence-electron chi connectivity index (χ0n) is 53.8. The van der Waals surface area contributed by atoms with Crippen molar-refractivity contribution in [3.63, 3.8) is 0 Å². The first-order valence-electron chi connectivity index (χ1n) is 35.7. The van der Waals surface area contributed by atoms with E-state index in [4.69, 9.17) is 9.47 Å². The molecule has 11 heteroatoms. The number of hydrogen-bond acceptors (Lipinski definition) is 10. The molecule has 1 aliphatic heterocycles. The fourth-order valence-corrected chi connectivity index (χ4v) is 11.8. The second kappa shape index (κ2) is 59.9. The van der Waals surface area contributed by atoms with Crippen molar-refractivity contribution in [2.24, 2.45) is 0 Å². The highest BCUT2D eigenvalue weighted by Crippen LogP contribution is 2.24. The Labute approximate surface area is 505 Å². The van der Waals surface area contributed by atoms with E-state index < -0.39 is 74.2 Å². The molecule has 9 unspecified atom stereocenters. The van der Waals surface area contributed by atoms with Crippen LogP contribution in [-0.4, -0.2) is 110 Å². The van der Waals surface area contributed by atoms with Crippen LogP contribution in [-0.2, 0) is 14.3 Å². The molecule has 1 amide bonds. The first-order chi connectivity index (χ1) is 40.2. The second-order valence-electron chi connectivity index (χ2n) is 25.3. The van der Waals surface area contributed by atoms with Gasteiger partial charge in [0.05, 0.1) is 25.4 Å². The Bertz CT molecular complexity index is 1380. The van der Waals surface area contributed by atoms with Gasteiger partial charge in [-0.25, -0.2) is 0 Å². The van der Waals surface area contributed by atoms with E-state index in [0.29, 0.717) is 19.3 Å². The second-order valence-corrected chi connectivity index (χ2v) is 25.3. The van der Waals surface area contributed by atoms with Gasteiger partial charge in [0.1, 0.15) is 36.6 Å². The van der Waals surface area contributed by atoms with Gasteiger partial charge in [0.15, 0.2) is 6.29 Å². The number of hydrogen-bond donors (Lipinski definition) is 8. The predicted octanol–water partition coefficient (Wildman–Crippen LogP) is 17.2. The molecule has 1 saturated heterocycles. The van der Waals surface area contributed by atoms with E-state index in [9.17, 15) is 40.5 Å². The van der Waals surface area contributed by atoms with E-state index in [1.54, 1.807) is 0 Å². The number of carbonyl (C=O) groups excluding carboxylic acids is 1. The van der Waals surface area contributed by atoms with E-state index in [2.05, 4.69) is 43.5 Å². The highest BCUT2D eigenvalue weighted by Gasteiger charge is 2.44. The van der Waals surface area contributed by atoms with Gasteiger partial charge >= 0.3 is 0 Å². The summed E-state index contributed by atoms with van der Waals surface area (Å²) in [6, 6.07) is -1.19. The van der Waals surface area contributed by atoms with Crippen LogP contribution in [0.2, 0.25) is 0 Å². The summed E-state index contributed by atoms with van der Waals surface area (Å²) >= 11 is 0. The molecule has 0 spiro atoms. The Hall–Kier alpha value is -1.41. The van der Waals surface area contributed by atoms with Crippen LogP contribution in [0.3, 0.4) is 0 Å². The van der Waals surface area contributed by atoms with Crippen LogP contribution >= 0.6 is 0 Å². The van der Waals surface area contributed by atoms with Crippen LogP contribution in [0.15, 0.2) is 24.3 Å². The fourth-order valence-electron chi connectivity index (χ4n) is 11.8. The van der Waals surface area contributed by atoms with Crippen LogP contribution in [0.4, 0.5) is 0 Å². The van der Waals surface area contributed by atoms with Crippen LogP contribution in [0.1, 0.15) is 354 Å². The van der Waals surface area contributed by atoms with Crippen LogP contribution in [0.25, 0.3) is 0 Å². The SMILES string of the molecule is CCCCCCCCCCCCCCCCCCCCCCC/C=C/CC/C=C/CCCC(O)C(O)C(COC1OC(CO)C(O)C(O)C1O)NC(=O)C(O)CCCCCCCCCCCCCCCCCCCCCCCCCCC. The Morgan fingerprint density at radius 1 is 0.415 bits per heavy atom. The van der Waals surface area contributed by atoms with Crippen molar-refractivity contribution < 1.29 is 50.0 Å². The van der Waals surface area contributed by atoms with Gasteiger partial charge in [-0.3, -0.25) is 4.79 Å². The standard InChI is InChI=1S/C71H137NO10/c1-3-5-7-9-11-13-15-17-19-21-23-25-27-29-30-31-32-33-35-36-38-40-42-44-46-48-50-52-54-56-58-63(74)66(76)62(61-81-71-69(79)68(78)67(77)65(60-73)82-71)72-70(80)64(75)59-57-55-53-51-49-47-45-43-41-39-37-34-28-26-24-22-20-18-16-14-12-10-8-6-4-2/h42,44,50,52,62-69,71,73-79H,3-41,43,45-49,51,53-61H2,1-2H3,(H,72,80)/b44-42+,52-50+. The molecule has 0 aromatic rings. The average Bonchev–Trinajstić information content (AvgIpc) is 3.53. The lowest BCUT2D eigenvalue weighted by Gasteiger charge is -2.40. The Morgan fingerprint density at radius 2 is 0.732 bits per heavy atom. The van der Waals surface area contributed by atoms with E-state index in [0.717, 1.165) is 38.5 Å². The summed E-state index contributed by atoms with van der Waals surface area (Å²) in [5.74, 6) is -0.703. The quantitative estimate of drug-likeness (QED) is 0.0215. The smallest absolute Gasteiger partial charge is 0.249 e. The maximum atomic E-state index is 13.2. The van der Waals surface area contributed by atoms with Crippen molar-refractivity contribution >= 4 is 5.91 Å². The highest BCUT2D eigenvalue weighted by molar-refractivity contribution is 5.80. The number of rotatable bonds is 63. The number of aliphatic hydroxyl groups is 7. The lowest BCUT2D eigenvalue weighted by Crippen LogP contribution is -2.60. The average molecular weight is 1160 g/mol. The van der Waals surface area contributed by atoms with Gasteiger partial charge in [0, 0.05) is 0 Å². The van der Waals surface area contributed by atoms with Gasteiger partial charge in [-0.15, -0.1) is 0 Å². The molecule has 0 aliphatic carbocycles. The summed E-state index contributed by atoms with van der Waals surface area (Å²) in [5.41, 5.74) is 0. The summed E-state index contributed by atoms with van der Waals surface area (Å²) < 4.78 is 11.2. The molecular weight excluding hydrogens is 1030 g/mol. The molecular formula is C71H137NO10. The molecule has 9 atom stereocenters. The zero-order valence-corrected chi connectivity index (χ0v) is 53.8. The molecule has 0 bridgehead atoms. The first-order valence-corrected chi connectivity index (χ1v) is 35.7. The van der Waals surface area contributed by atoms with Crippen molar-refractivity contribution in [2.75, 3.05) is 13.2 Å². The molecule has 0 aromatic heterocycles. The predicted molar refractivity (Wildman–Crippen MR) is 344 cm³/mol. The number of carbonyl (C=O) groups is 1. The maximum absolute atomic E-state index is 13.2. The fraction of sp³-hybridized carbons (Fsp3) is 0.930. The van der Waals surface area contributed by atoms with Crippen molar-refractivity contribution in [2.45, 2.75) is 409 Å². The third kappa shape index (κ3) is 46.8. The molecule has 0 radical (unpaired) electrons. The molecule has 1 rings (SSSR count).